The Morgan fingerprint density at radius 2 is 1.74 bits per heavy atom. The molecule has 0 saturated carbocycles. The largest absolute Gasteiger partial charge is 0.486 e. The highest BCUT2D eigenvalue weighted by Gasteiger charge is 2.30. The number of anilines is 2. The SMILES string of the molecule is C[C@H](C(=O)Nc1ccc(F)cc1)N(c1ccc2c(c1)OCCO2)S(C)(=O)=O. The molecule has 0 aliphatic carbocycles. The summed E-state index contributed by atoms with van der Waals surface area (Å²) in [7, 11) is -3.77. The lowest BCUT2D eigenvalue weighted by Crippen LogP contribution is -2.45. The maximum atomic E-state index is 13.0. The van der Waals surface area contributed by atoms with E-state index in [4.69, 9.17) is 9.47 Å². The Kier molecular flexibility index (Phi) is 5.22. The summed E-state index contributed by atoms with van der Waals surface area (Å²) in [5.74, 6) is -0.0579. The molecule has 0 bridgehead atoms. The van der Waals surface area contributed by atoms with Gasteiger partial charge < -0.3 is 14.8 Å². The van der Waals surface area contributed by atoms with E-state index in [1.165, 1.54) is 37.3 Å². The number of halogens is 1. The summed E-state index contributed by atoms with van der Waals surface area (Å²) in [6.45, 7) is 2.24. The molecule has 2 aromatic carbocycles. The summed E-state index contributed by atoms with van der Waals surface area (Å²) in [5, 5.41) is 2.59. The Labute approximate surface area is 156 Å². The number of ether oxygens (including phenoxy) is 2. The number of nitrogens with zero attached hydrogens (tertiary/aromatic N) is 1. The third-order valence-electron chi connectivity index (χ3n) is 3.98. The van der Waals surface area contributed by atoms with Gasteiger partial charge in [-0.1, -0.05) is 0 Å². The van der Waals surface area contributed by atoms with Gasteiger partial charge in [0.2, 0.25) is 15.9 Å². The molecule has 0 radical (unpaired) electrons. The van der Waals surface area contributed by atoms with Crippen molar-refractivity contribution >= 4 is 27.3 Å². The third-order valence-corrected chi connectivity index (χ3v) is 5.22. The molecule has 0 saturated heterocycles. The first-order chi connectivity index (χ1) is 12.8. The molecule has 1 aliphatic rings. The zero-order valence-electron chi connectivity index (χ0n) is 14.8. The van der Waals surface area contributed by atoms with Gasteiger partial charge in [0.1, 0.15) is 25.1 Å². The van der Waals surface area contributed by atoms with E-state index in [1.807, 2.05) is 0 Å². The van der Waals surface area contributed by atoms with Crippen LogP contribution in [-0.4, -0.2) is 39.8 Å². The van der Waals surface area contributed by atoms with Crippen molar-refractivity contribution in [3.8, 4) is 11.5 Å². The number of carbonyl (C=O) groups excluding carboxylic acids is 1. The minimum atomic E-state index is -3.77. The number of benzene rings is 2. The van der Waals surface area contributed by atoms with Crippen molar-refractivity contribution in [1.82, 2.24) is 0 Å². The van der Waals surface area contributed by atoms with Gasteiger partial charge in [0.15, 0.2) is 11.5 Å². The smallest absolute Gasteiger partial charge is 0.247 e. The highest BCUT2D eigenvalue weighted by Crippen LogP contribution is 2.35. The highest BCUT2D eigenvalue weighted by molar-refractivity contribution is 7.92. The molecule has 3 rings (SSSR count). The van der Waals surface area contributed by atoms with Gasteiger partial charge in [-0.05, 0) is 43.3 Å². The number of sulfonamides is 1. The molecule has 0 spiro atoms. The monoisotopic (exact) mass is 394 g/mol. The maximum Gasteiger partial charge on any atom is 0.247 e. The Balaban J connectivity index is 1.88. The van der Waals surface area contributed by atoms with Crippen LogP contribution >= 0.6 is 0 Å². The summed E-state index contributed by atoms with van der Waals surface area (Å²) < 4.78 is 49.7. The standard InChI is InChI=1S/C18H19FN2O5S/c1-12(18(22)20-14-5-3-13(19)4-6-14)21(27(2,23)24)15-7-8-16-17(11-15)26-10-9-25-16/h3-8,11-12H,9-10H2,1-2H3,(H,20,22)/t12-/m1/s1. The van der Waals surface area contributed by atoms with Gasteiger partial charge in [0, 0.05) is 11.8 Å². The van der Waals surface area contributed by atoms with Gasteiger partial charge in [-0.2, -0.15) is 0 Å². The number of hydrogen-bond acceptors (Lipinski definition) is 5. The van der Waals surface area contributed by atoms with Gasteiger partial charge in [-0.3, -0.25) is 9.10 Å². The predicted octanol–water partition coefficient (Wildman–Crippen LogP) is 2.39. The van der Waals surface area contributed by atoms with Crippen LogP contribution in [0.2, 0.25) is 0 Å². The van der Waals surface area contributed by atoms with Crippen molar-refractivity contribution in [2.24, 2.45) is 0 Å². The zero-order valence-corrected chi connectivity index (χ0v) is 15.6. The van der Waals surface area contributed by atoms with E-state index in [1.54, 1.807) is 12.1 Å². The lowest BCUT2D eigenvalue weighted by Gasteiger charge is -2.29. The number of amides is 1. The minimum absolute atomic E-state index is 0.281. The fourth-order valence-corrected chi connectivity index (χ4v) is 3.92. The molecule has 27 heavy (non-hydrogen) atoms. The highest BCUT2D eigenvalue weighted by atomic mass is 32.2. The molecule has 1 N–H and O–H groups in total. The normalized spacial score (nSPS) is 14.3. The lowest BCUT2D eigenvalue weighted by atomic mass is 10.2. The Morgan fingerprint density at radius 1 is 1.11 bits per heavy atom. The topological polar surface area (TPSA) is 84.9 Å². The second-order valence-corrected chi connectivity index (χ2v) is 7.92. The first kappa shape index (κ1) is 19.0. The molecule has 2 aromatic rings. The first-order valence-corrected chi connectivity index (χ1v) is 10.1. The number of nitrogens with one attached hydrogen (secondary N) is 1. The molecular formula is C18H19FN2O5S. The quantitative estimate of drug-likeness (QED) is 0.842. The van der Waals surface area contributed by atoms with Gasteiger partial charge in [-0.25, -0.2) is 12.8 Å². The number of fused-ring (bicyclic) bond motifs is 1. The average Bonchev–Trinajstić information content (AvgIpc) is 2.62. The number of rotatable bonds is 5. The van der Waals surface area contributed by atoms with E-state index in [0.717, 1.165) is 10.6 Å². The second kappa shape index (κ2) is 7.43. The number of carbonyl (C=O) groups is 1. The van der Waals surface area contributed by atoms with Gasteiger partial charge >= 0.3 is 0 Å². The van der Waals surface area contributed by atoms with Crippen LogP contribution in [0.3, 0.4) is 0 Å². The zero-order chi connectivity index (χ0) is 19.6. The van der Waals surface area contributed by atoms with Crippen LogP contribution in [-0.2, 0) is 14.8 Å². The van der Waals surface area contributed by atoms with Crippen molar-refractivity contribution in [1.29, 1.82) is 0 Å². The molecule has 0 aromatic heterocycles. The summed E-state index contributed by atoms with van der Waals surface area (Å²) in [6.07, 6.45) is 1.02. The summed E-state index contributed by atoms with van der Waals surface area (Å²) in [5.41, 5.74) is 0.646. The van der Waals surface area contributed by atoms with E-state index < -0.39 is 27.8 Å². The molecule has 1 aliphatic heterocycles. The molecule has 0 unspecified atom stereocenters. The fraction of sp³-hybridized carbons (Fsp3) is 0.278. The van der Waals surface area contributed by atoms with Crippen molar-refractivity contribution in [2.45, 2.75) is 13.0 Å². The molecular weight excluding hydrogens is 375 g/mol. The fourth-order valence-electron chi connectivity index (χ4n) is 2.76. The molecule has 1 heterocycles. The molecule has 1 atom stereocenters. The average molecular weight is 394 g/mol. The van der Waals surface area contributed by atoms with E-state index in [0.29, 0.717) is 30.4 Å². The van der Waals surface area contributed by atoms with Crippen LogP contribution in [0.5, 0.6) is 11.5 Å². The first-order valence-electron chi connectivity index (χ1n) is 8.21. The van der Waals surface area contributed by atoms with E-state index >= 15 is 0 Å². The Bertz CT molecular complexity index is 947. The van der Waals surface area contributed by atoms with E-state index in [-0.39, 0.29) is 5.69 Å². The number of hydrogen-bond donors (Lipinski definition) is 1. The minimum Gasteiger partial charge on any atom is -0.486 e. The molecule has 0 fully saturated rings. The molecule has 9 heteroatoms. The van der Waals surface area contributed by atoms with Crippen LogP contribution in [0.15, 0.2) is 42.5 Å². The Morgan fingerprint density at radius 3 is 2.37 bits per heavy atom. The van der Waals surface area contributed by atoms with Crippen molar-refractivity contribution in [3.05, 3.63) is 48.3 Å². The van der Waals surface area contributed by atoms with E-state index in [9.17, 15) is 17.6 Å². The molecule has 1 amide bonds. The van der Waals surface area contributed by atoms with Gasteiger partial charge in [0.05, 0.1) is 11.9 Å². The van der Waals surface area contributed by atoms with Gasteiger partial charge in [-0.15, -0.1) is 0 Å². The summed E-state index contributed by atoms with van der Waals surface area (Å²) in [6, 6.07) is 8.83. The van der Waals surface area contributed by atoms with Crippen molar-refractivity contribution in [2.75, 3.05) is 29.1 Å². The lowest BCUT2D eigenvalue weighted by molar-refractivity contribution is -0.116. The van der Waals surface area contributed by atoms with Crippen molar-refractivity contribution < 1.29 is 27.1 Å². The molecule has 7 nitrogen and oxygen atoms in total. The van der Waals surface area contributed by atoms with Crippen molar-refractivity contribution in [3.63, 3.8) is 0 Å². The summed E-state index contributed by atoms with van der Waals surface area (Å²) in [4.78, 5) is 12.6. The molecule has 144 valence electrons. The predicted molar refractivity (Wildman–Crippen MR) is 99.2 cm³/mol. The third kappa shape index (κ3) is 4.30. The maximum absolute atomic E-state index is 13.0. The van der Waals surface area contributed by atoms with Crippen LogP contribution in [0.25, 0.3) is 0 Å². The second-order valence-electron chi connectivity index (χ2n) is 6.06. The van der Waals surface area contributed by atoms with Crippen LogP contribution in [0.1, 0.15) is 6.92 Å². The summed E-state index contributed by atoms with van der Waals surface area (Å²) >= 11 is 0. The van der Waals surface area contributed by atoms with Gasteiger partial charge in [0.25, 0.3) is 0 Å². The van der Waals surface area contributed by atoms with Crippen LogP contribution in [0, 0.1) is 5.82 Å². The van der Waals surface area contributed by atoms with E-state index in [2.05, 4.69) is 5.32 Å². The van der Waals surface area contributed by atoms with Crippen LogP contribution < -0.4 is 19.1 Å². The van der Waals surface area contributed by atoms with Crippen LogP contribution in [0.4, 0.5) is 15.8 Å². The Hall–Kier alpha value is -2.81.